The number of aryl methyl sites for hydroxylation is 2. The Morgan fingerprint density at radius 1 is 1.38 bits per heavy atom. The van der Waals surface area contributed by atoms with Crippen molar-refractivity contribution in [1.29, 1.82) is 0 Å². The second kappa shape index (κ2) is 6.40. The summed E-state index contributed by atoms with van der Waals surface area (Å²) in [5.41, 5.74) is 2.30. The van der Waals surface area contributed by atoms with Gasteiger partial charge in [0, 0.05) is 12.2 Å². The quantitative estimate of drug-likeness (QED) is 0.816. The van der Waals surface area contributed by atoms with Crippen molar-refractivity contribution in [1.82, 2.24) is 15.1 Å². The van der Waals surface area contributed by atoms with Gasteiger partial charge in [-0.2, -0.15) is 5.10 Å². The van der Waals surface area contributed by atoms with Gasteiger partial charge in [0.2, 0.25) is 0 Å². The molecule has 4 heteroatoms. The van der Waals surface area contributed by atoms with Crippen LogP contribution in [-0.2, 0) is 6.54 Å². The number of hydrogen-bond donors (Lipinski definition) is 1. The molecule has 1 rings (SSSR count). The Morgan fingerprint density at radius 3 is 2.56 bits per heavy atom. The largest absolute Gasteiger partial charge is 0.316 e. The van der Waals surface area contributed by atoms with Gasteiger partial charge in [-0.25, -0.2) is 0 Å². The van der Waals surface area contributed by atoms with E-state index < -0.39 is 0 Å². The summed E-state index contributed by atoms with van der Waals surface area (Å²) in [6.45, 7) is 11.7. The fourth-order valence-corrected chi connectivity index (χ4v) is 1.92. The molecule has 0 spiro atoms. The molecule has 0 aromatic carbocycles. The Morgan fingerprint density at radius 2 is 2.06 bits per heavy atom. The molecular weight excluding hydrogens is 266 g/mol. The molecular formula is C12H22BrN3. The first kappa shape index (κ1) is 13.7. The van der Waals surface area contributed by atoms with Crippen LogP contribution in [0.4, 0.5) is 0 Å². The van der Waals surface area contributed by atoms with Crippen LogP contribution >= 0.6 is 15.9 Å². The van der Waals surface area contributed by atoms with Gasteiger partial charge in [0.1, 0.15) is 0 Å². The highest BCUT2D eigenvalue weighted by atomic mass is 79.9. The Hall–Kier alpha value is -0.350. The number of rotatable bonds is 6. The standard InChI is InChI=1S/C12H22BrN3/c1-9(2)8-14-6-5-7-16-11(4)12(13)10(3)15-16/h9,14H,5-8H2,1-4H3. The molecule has 0 aliphatic rings. The fraction of sp³-hybridized carbons (Fsp3) is 0.750. The predicted molar refractivity (Wildman–Crippen MR) is 71.7 cm³/mol. The van der Waals surface area contributed by atoms with Gasteiger partial charge in [-0.15, -0.1) is 0 Å². The van der Waals surface area contributed by atoms with Gasteiger partial charge in [0.05, 0.1) is 10.2 Å². The van der Waals surface area contributed by atoms with Crippen molar-refractivity contribution in [3.05, 3.63) is 15.9 Å². The van der Waals surface area contributed by atoms with Crippen molar-refractivity contribution < 1.29 is 0 Å². The SMILES string of the molecule is Cc1nn(CCCNCC(C)C)c(C)c1Br. The van der Waals surface area contributed by atoms with E-state index in [1.165, 1.54) is 5.69 Å². The van der Waals surface area contributed by atoms with E-state index in [9.17, 15) is 0 Å². The molecule has 1 N–H and O–H groups in total. The first-order valence-electron chi connectivity index (χ1n) is 5.92. The molecule has 16 heavy (non-hydrogen) atoms. The number of nitrogens with zero attached hydrogens (tertiary/aromatic N) is 2. The zero-order valence-electron chi connectivity index (χ0n) is 10.7. The molecule has 0 fully saturated rings. The van der Waals surface area contributed by atoms with Crippen molar-refractivity contribution in [3.63, 3.8) is 0 Å². The molecule has 3 nitrogen and oxygen atoms in total. The molecule has 0 atom stereocenters. The van der Waals surface area contributed by atoms with Crippen LogP contribution in [0.25, 0.3) is 0 Å². The highest BCUT2D eigenvalue weighted by molar-refractivity contribution is 9.10. The Labute approximate surface area is 107 Å². The van der Waals surface area contributed by atoms with Crippen LogP contribution in [0.2, 0.25) is 0 Å². The molecule has 0 aliphatic carbocycles. The zero-order chi connectivity index (χ0) is 12.1. The average molecular weight is 288 g/mol. The van der Waals surface area contributed by atoms with Crippen LogP contribution < -0.4 is 5.32 Å². The van der Waals surface area contributed by atoms with E-state index in [4.69, 9.17) is 0 Å². The summed E-state index contributed by atoms with van der Waals surface area (Å²) in [5, 5.41) is 7.93. The summed E-state index contributed by atoms with van der Waals surface area (Å²) in [4.78, 5) is 0. The third-order valence-corrected chi connectivity index (χ3v) is 3.72. The third-order valence-electron chi connectivity index (χ3n) is 2.57. The maximum Gasteiger partial charge on any atom is 0.0738 e. The van der Waals surface area contributed by atoms with Gasteiger partial charge in [-0.3, -0.25) is 4.68 Å². The molecule has 1 aromatic heterocycles. The van der Waals surface area contributed by atoms with Gasteiger partial charge in [-0.1, -0.05) is 13.8 Å². The van der Waals surface area contributed by atoms with Crippen LogP contribution in [0.5, 0.6) is 0 Å². The first-order chi connectivity index (χ1) is 7.52. The van der Waals surface area contributed by atoms with Crippen LogP contribution in [0, 0.1) is 19.8 Å². The monoisotopic (exact) mass is 287 g/mol. The Bertz CT molecular complexity index is 331. The molecule has 0 radical (unpaired) electrons. The van der Waals surface area contributed by atoms with E-state index in [-0.39, 0.29) is 0 Å². The minimum Gasteiger partial charge on any atom is -0.316 e. The van der Waals surface area contributed by atoms with Gasteiger partial charge in [0.25, 0.3) is 0 Å². The van der Waals surface area contributed by atoms with E-state index in [0.717, 1.165) is 42.1 Å². The van der Waals surface area contributed by atoms with Gasteiger partial charge in [0.15, 0.2) is 0 Å². The molecule has 92 valence electrons. The molecule has 0 amide bonds. The fourth-order valence-electron chi connectivity index (χ4n) is 1.64. The van der Waals surface area contributed by atoms with Crippen molar-refractivity contribution in [3.8, 4) is 0 Å². The third kappa shape index (κ3) is 3.91. The van der Waals surface area contributed by atoms with E-state index in [2.05, 4.69) is 51.8 Å². The van der Waals surface area contributed by atoms with E-state index >= 15 is 0 Å². The lowest BCUT2D eigenvalue weighted by atomic mass is 10.2. The Balaban J connectivity index is 2.29. The van der Waals surface area contributed by atoms with Crippen LogP contribution in [0.3, 0.4) is 0 Å². The van der Waals surface area contributed by atoms with Gasteiger partial charge in [-0.05, 0) is 55.2 Å². The Kier molecular flexibility index (Phi) is 5.49. The van der Waals surface area contributed by atoms with E-state index in [1.54, 1.807) is 0 Å². The molecule has 0 unspecified atom stereocenters. The summed E-state index contributed by atoms with van der Waals surface area (Å²) < 4.78 is 3.22. The lowest BCUT2D eigenvalue weighted by molar-refractivity contribution is 0.500. The topological polar surface area (TPSA) is 29.9 Å². The van der Waals surface area contributed by atoms with Crippen molar-refractivity contribution in [2.24, 2.45) is 5.92 Å². The zero-order valence-corrected chi connectivity index (χ0v) is 12.3. The van der Waals surface area contributed by atoms with E-state index in [0.29, 0.717) is 0 Å². The molecule has 1 heterocycles. The number of nitrogens with one attached hydrogen (secondary N) is 1. The van der Waals surface area contributed by atoms with Gasteiger partial charge < -0.3 is 5.32 Å². The molecule has 0 saturated heterocycles. The summed E-state index contributed by atoms with van der Waals surface area (Å²) in [5.74, 6) is 0.725. The summed E-state index contributed by atoms with van der Waals surface area (Å²) in [6.07, 6.45) is 1.13. The van der Waals surface area contributed by atoms with Crippen LogP contribution in [0.15, 0.2) is 4.47 Å². The summed E-state index contributed by atoms with van der Waals surface area (Å²) in [7, 11) is 0. The molecule has 1 aromatic rings. The second-order valence-corrected chi connectivity index (χ2v) is 5.45. The minimum atomic E-state index is 0.725. The summed E-state index contributed by atoms with van der Waals surface area (Å²) >= 11 is 3.54. The lowest BCUT2D eigenvalue weighted by Crippen LogP contribution is -2.22. The van der Waals surface area contributed by atoms with Crippen molar-refractivity contribution in [2.45, 2.75) is 40.7 Å². The predicted octanol–water partition coefficient (Wildman–Crippen LogP) is 2.90. The maximum atomic E-state index is 4.48. The molecule has 0 aliphatic heterocycles. The van der Waals surface area contributed by atoms with Crippen LogP contribution in [-0.4, -0.2) is 22.9 Å². The maximum absolute atomic E-state index is 4.48. The van der Waals surface area contributed by atoms with Gasteiger partial charge >= 0.3 is 0 Å². The van der Waals surface area contributed by atoms with Crippen LogP contribution in [0.1, 0.15) is 31.7 Å². The average Bonchev–Trinajstić information content (AvgIpc) is 2.45. The second-order valence-electron chi connectivity index (χ2n) is 4.66. The molecule has 0 bridgehead atoms. The normalized spacial score (nSPS) is 11.4. The minimum absolute atomic E-state index is 0.725. The highest BCUT2D eigenvalue weighted by Gasteiger charge is 2.07. The van der Waals surface area contributed by atoms with E-state index in [1.807, 2.05) is 6.92 Å². The number of aromatic nitrogens is 2. The first-order valence-corrected chi connectivity index (χ1v) is 6.72. The highest BCUT2D eigenvalue weighted by Crippen LogP contribution is 2.19. The number of halogens is 1. The lowest BCUT2D eigenvalue weighted by Gasteiger charge is -2.08. The number of hydrogen-bond acceptors (Lipinski definition) is 2. The summed E-state index contributed by atoms with van der Waals surface area (Å²) in [6, 6.07) is 0. The smallest absolute Gasteiger partial charge is 0.0738 e. The van der Waals surface area contributed by atoms with Crippen molar-refractivity contribution in [2.75, 3.05) is 13.1 Å². The molecule has 0 saturated carbocycles. The van der Waals surface area contributed by atoms with Crippen molar-refractivity contribution >= 4 is 15.9 Å².